The third-order valence-corrected chi connectivity index (χ3v) is 7.45. The fourth-order valence-corrected chi connectivity index (χ4v) is 5.39. The first-order valence-electron chi connectivity index (χ1n) is 9.32. The van der Waals surface area contributed by atoms with Crippen molar-refractivity contribution in [2.75, 3.05) is 42.3 Å². The van der Waals surface area contributed by atoms with Crippen LogP contribution in [0.25, 0.3) is 10.2 Å². The summed E-state index contributed by atoms with van der Waals surface area (Å²) in [6.45, 7) is 3.03. The summed E-state index contributed by atoms with van der Waals surface area (Å²) in [5, 5.41) is 3.73. The molecule has 0 radical (unpaired) electrons. The number of anilines is 2. The smallest absolute Gasteiger partial charge is 0.225 e. The van der Waals surface area contributed by atoms with Crippen LogP contribution in [0.1, 0.15) is 6.42 Å². The lowest BCUT2D eigenvalue weighted by atomic mass is 10.3. The zero-order chi connectivity index (χ0) is 20.3. The Morgan fingerprint density at radius 2 is 1.90 bits per heavy atom. The number of nitrogens with zero attached hydrogens (tertiary/aromatic N) is 2. The maximum absolute atomic E-state index is 12.3. The molecule has 7 nitrogen and oxygen atoms in total. The highest BCUT2D eigenvalue weighted by molar-refractivity contribution is 7.91. The highest BCUT2D eigenvalue weighted by atomic mass is 32.2. The van der Waals surface area contributed by atoms with E-state index in [-0.39, 0.29) is 23.0 Å². The lowest BCUT2D eigenvalue weighted by Crippen LogP contribution is -2.36. The van der Waals surface area contributed by atoms with Crippen LogP contribution in [-0.2, 0) is 19.4 Å². The molecule has 4 rings (SSSR count). The van der Waals surface area contributed by atoms with Crippen LogP contribution in [0.5, 0.6) is 0 Å². The van der Waals surface area contributed by atoms with E-state index in [9.17, 15) is 13.2 Å². The summed E-state index contributed by atoms with van der Waals surface area (Å²) in [6, 6.07) is 13.7. The van der Waals surface area contributed by atoms with Crippen LogP contribution in [0.3, 0.4) is 0 Å². The Balaban J connectivity index is 1.40. The second kappa shape index (κ2) is 8.48. The second-order valence-electron chi connectivity index (χ2n) is 6.71. The van der Waals surface area contributed by atoms with Crippen LogP contribution in [0, 0.1) is 0 Å². The standard InChI is InChI=1S/C20H21N3O4S2/c24-19(8-13-29(25,26)16-4-2-1-3-5-16)21-15-6-7-17-18(14-15)28-20(22-17)23-9-11-27-12-10-23/h1-7,14H,8-13H2,(H,21,24). The van der Waals surface area contributed by atoms with Gasteiger partial charge in [0.2, 0.25) is 5.91 Å². The van der Waals surface area contributed by atoms with Gasteiger partial charge in [-0.1, -0.05) is 29.5 Å². The number of morpholine rings is 1. The summed E-state index contributed by atoms with van der Waals surface area (Å²) in [6.07, 6.45) is -0.100. The Morgan fingerprint density at radius 1 is 1.14 bits per heavy atom. The van der Waals surface area contributed by atoms with Crippen molar-refractivity contribution in [1.82, 2.24) is 4.98 Å². The number of thiazole rings is 1. The number of fused-ring (bicyclic) bond motifs is 1. The van der Waals surface area contributed by atoms with Gasteiger partial charge in [0.25, 0.3) is 0 Å². The molecule has 29 heavy (non-hydrogen) atoms. The number of carbonyl (C=O) groups is 1. The van der Waals surface area contributed by atoms with E-state index in [0.29, 0.717) is 18.9 Å². The molecule has 1 aliphatic rings. The van der Waals surface area contributed by atoms with Gasteiger partial charge in [0.1, 0.15) is 0 Å². The maximum Gasteiger partial charge on any atom is 0.225 e. The van der Waals surface area contributed by atoms with Gasteiger partial charge < -0.3 is 15.0 Å². The second-order valence-corrected chi connectivity index (χ2v) is 9.83. The molecular formula is C20H21N3O4S2. The molecule has 1 amide bonds. The average Bonchev–Trinajstić information content (AvgIpc) is 3.17. The Hall–Kier alpha value is -2.49. The minimum Gasteiger partial charge on any atom is -0.378 e. The zero-order valence-corrected chi connectivity index (χ0v) is 17.3. The van der Waals surface area contributed by atoms with Gasteiger partial charge in [0.05, 0.1) is 34.1 Å². The number of sulfone groups is 1. The monoisotopic (exact) mass is 431 g/mol. The molecule has 2 heterocycles. The van der Waals surface area contributed by atoms with Crippen LogP contribution in [0.2, 0.25) is 0 Å². The van der Waals surface area contributed by atoms with Crippen LogP contribution in [0.4, 0.5) is 10.8 Å². The van der Waals surface area contributed by atoms with Crippen molar-refractivity contribution in [2.45, 2.75) is 11.3 Å². The zero-order valence-electron chi connectivity index (χ0n) is 15.7. The van der Waals surface area contributed by atoms with E-state index in [1.54, 1.807) is 35.6 Å². The van der Waals surface area contributed by atoms with E-state index in [0.717, 1.165) is 28.4 Å². The third kappa shape index (κ3) is 4.75. The van der Waals surface area contributed by atoms with Crippen molar-refractivity contribution in [3.8, 4) is 0 Å². The molecular weight excluding hydrogens is 410 g/mol. The summed E-state index contributed by atoms with van der Waals surface area (Å²) in [5.41, 5.74) is 1.51. The number of nitrogens with one attached hydrogen (secondary N) is 1. The third-order valence-electron chi connectivity index (χ3n) is 4.64. The fourth-order valence-electron chi connectivity index (χ4n) is 3.08. The van der Waals surface area contributed by atoms with Gasteiger partial charge in [-0.3, -0.25) is 4.79 Å². The van der Waals surface area contributed by atoms with Gasteiger partial charge in [0.15, 0.2) is 15.0 Å². The molecule has 0 unspecified atom stereocenters. The van der Waals surface area contributed by atoms with Crippen LogP contribution in [-0.4, -0.2) is 51.4 Å². The van der Waals surface area contributed by atoms with E-state index in [1.165, 1.54) is 12.1 Å². The molecule has 0 bridgehead atoms. The normalized spacial score (nSPS) is 14.8. The largest absolute Gasteiger partial charge is 0.378 e. The quantitative estimate of drug-likeness (QED) is 0.646. The van der Waals surface area contributed by atoms with Gasteiger partial charge in [0, 0.05) is 25.2 Å². The van der Waals surface area contributed by atoms with Crippen LogP contribution >= 0.6 is 11.3 Å². The van der Waals surface area contributed by atoms with E-state index in [2.05, 4.69) is 15.2 Å². The first kappa shape index (κ1) is 19.8. The molecule has 1 saturated heterocycles. The molecule has 9 heteroatoms. The molecule has 0 aliphatic carbocycles. The summed E-state index contributed by atoms with van der Waals surface area (Å²) in [5.74, 6) is -0.561. The molecule has 1 aromatic heterocycles. The van der Waals surface area contributed by atoms with Gasteiger partial charge in [-0.15, -0.1) is 0 Å². The van der Waals surface area contributed by atoms with E-state index >= 15 is 0 Å². The number of hydrogen-bond acceptors (Lipinski definition) is 7. The van der Waals surface area contributed by atoms with Crippen molar-refractivity contribution < 1.29 is 17.9 Å². The number of hydrogen-bond donors (Lipinski definition) is 1. The summed E-state index contributed by atoms with van der Waals surface area (Å²) >= 11 is 1.57. The fraction of sp³-hybridized carbons (Fsp3) is 0.300. The molecule has 1 aliphatic heterocycles. The van der Waals surface area contributed by atoms with Crippen molar-refractivity contribution in [2.24, 2.45) is 0 Å². The molecule has 2 aromatic carbocycles. The molecule has 152 valence electrons. The lowest BCUT2D eigenvalue weighted by Gasteiger charge is -2.25. The van der Waals surface area contributed by atoms with Crippen molar-refractivity contribution in [3.05, 3.63) is 48.5 Å². The Labute approximate surface area is 173 Å². The van der Waals surface area contributed by atoms with Crippen molar-refractivity contribution in [1.29, 1.82) is 0 Å². The van der Waals surface area contributed by atoms with E-state index in [4.69, 9.17) is 4.74 Å². The maximum atomic E-state index is 12.3. The Morgan fingerprint density at radius 3 is 2.66 bits per heavy atom. The molecule has 0 spiro atoms. The number of carbonyl (C=O) groups excluding carboxylic acids is 1. The molecule has 3 aromatic rings. The SMILES string of the molecule is O=C(CCS(=O)(=O)c1ccccc1)Nc1ccc2nc(N3CCOCC3)sc2c1. The average molecular weight is 432 g/mol. The van der Waals surface area contributed by atoms with Gasteiger partial charge in [-0.25, -0.2) is 13.4 Å². The minimum absolute atomic E-state index is 0.100. The number of rotatable bonds is 6. The first-order chi connectivity index (χ1) is 14.0. The number of aromatic nitrogens is 1. The number of amides is 1. The molecule has 0 atom stereocenters. The predicted octanol–water partition coefficient (Wildman–Crippen LogP) is 2.94. The first-order valence-corrected chi connectivity index (χ1v) is 11.8. The van der Waals surface area contributed by atoms with E-state index in [1.807, 2.05) is 12.1 Å². The number of ether oxygens (including phenoxy) is 1. The Bertz CT molecular complexity index is 1110. The highest BCUT2D eigenvalue weighted by Gasteiger charge is 2.17. The molecule has 1 N–H and O–H groups in total. The Kier molecular flexibility index (Phi) is 5.79. The number of benzene rings is 2. The predicted molar refractivity (Wildman–Crippen MR) is 114 cm³/mol. The molecule has 1 fully saturated rings. The minimum atomic E-state index is -3.48. The van der Waals surface area contributed by atoms with Crippen molar-refractivity contribution in [3.63, 3.8) is 0 Å². The topological polar surface area (TPSA) is 88.6 Å². The van der Waals surface area contributed by atoms with E-state index < -0.39 is 9.84 Å². The summed E-state index contributed by atoms with van der Waals surface area (Å²) in [7, 11) is -3.48. The summed E-state index contributed by atoms with van der Waals surface area (Å²) in [4.78, 5) is 19.4. The lowest BCUT2D eigenvalue weighted by molar-refractivity contribution is -0.115. The highest BCUT2D eigenvalue weighted by Crippen LogP contribution is 2.31. The van der Waals surface area contributed by atoms with Gasteiger partial charge in [-0.2, -0.15) is 0 Å². The van der Waals surface area contributed by atoms with Crippen LogP contribution < -0.4 is 10.2 Å². The van der Waals surface area contributed by atoms with Gasteiger partial charge >= 0.3 is 0 Å². The summed E-state index contributed by atoms with van der Waals surface area (Å²) < 4.78 is 31.0. The van der Waals surface area contributed by atoms with Crippen LogP contribution in [0.15, 0.2) is 53.4 Å². The van der Waals surface area contributed by atoms with Crippen molar-refractivity contribution >= 4 is 48.1 Å². The van der Waals surface area contributed by atoms with Gasteiger partial charge in [-0.05, 0) is 30.3 Å². The molecule has 0 saturated carbocycles.